The van der Waals surface area contributed by atoms with Gasteiger partial charge in [0.05, 0.1) is 0 Å². The highest BCUT2D eigenvalue weighted by Crippen LogP contribution is 2.18. The van der Waals surface area contributed by atoms with Gasteiger partial charge in [-0.2, -0.15) is 0 Å². The third-order valence-corrected chi connectivity index (χ3v) is 2.70. The van der Waals surface area contributed by atoms with Crippen molar-refractivity contribution in [1.29, 1.82) is 0 Å². The van der Waals surface area contributed by atoms with Crippen LogP contribution in [-0.4, -0.2) is 14.8 Å². The minimum absolute atomic E-state index is 0.569. The first-order valence-corrected chi connectivity index (χ1v) is 5.45. The van der Waals surface area contributed by atoms with E-state index < -0.39 is 0 Å². The van der Waals surface area contributed by atoms with Crippen molar-refractivity contribution in [1.82, 2.24) is 14.8 Å². The lowest BCUT2D eigenvalue weighted by Gasteiger charge is -2.05. The summed E-state index contributed by atoms with van der Waals surface area (Å²) in [5.74, 6) is 1.86. The predicted octanol–water partition coefficient (Wildman–Crippen LogP) is 1.73. The van der Waals surface area contributed by atoms with E-state index in [1.807, 2.05) is 31.2 Å². The van der Waals surface area contributed by atoms with Gasteiger partial charge in [-0.25, -0.2) is 0 Å². The first-order chi connectivity index (χ1) is 7.76. The highest BCUT2D eigenvalue weighted by molar-refractivity contribution is 5.55. The zero-order valence-electron chi connectivity index (χ0n) is 9.64. The molecule has 2 aromatic rings. The standard InChI is InChI=1S/C12H16N4/c1-3-16-9(2)14-15-12(16)11-6-4-10(8-13)5-7-11/h4-7H,3,8,13H2,1-2H3. The first kappa shape index (κ1) is 10.8. The molecule has 0 amide bonds. The van der Waals surface area contributed by atoms with Crippen LogP contribution in [0.4, 0.5) is 0 Å². The lowest BCUT2D eigenvalue weighted by molar-refractivity contribution is 0.736. The quantitative estimate of drug-likeness (QED) is 0.850. The van der Waals surface area contributed by atoms with E-state index in [-0.39, 0.29) is 0 Å². The van der Waals surface area contributed by atoms with Gasteiger partial charge in [-0.05, 0) is 19.4 Å². The lowest BCUT2D eigenvalue weighted by atomic mass is 10.1. The smallest absolute Gasteiger partial charge is 0.163 e. The van der Waals surface area contributed by atoms with Gasteiger partial charge in [0.25, 0.3) is 0 Å². The highest BCUT2D eigenvalue weighted by Gasteiger charge is 2.08. The van der Waals surface area contributed by atoms with E-state index in [1.54, 1.807) is 0 Å². The second-order valence-electron chi connectivity index (χ2n) is 3.72. The van der Waals surface area contributed by atoms with Gasteiger partial charge >= 0.3 is 0 Å². The number of hydrogen-bond donors (Lipinski definition) is 1. The van der Waals surface area contributed by atoms with E-state index in [4.69, 9.17) is 5.73 Å². The Morgan fingerprint density at radius 1 is 1.19 bits per heavy atom. The van der Waals surface area contributed by atoms with Gasteiger partial charge in [0, 0.05) is 18.7 Å². The number of nitrogens with zero attached hydrogens (tertiary/aromatic N) is 3. The molecule has 4 nitrogen and oxygen atoms in total. The molecular formula is C12H16N4. The molecule has 1 aromatic heterocycles. The molecule has 0 aliphatic rings. The van der Waals surface area contributed by atoms with Crippen LogP contribution in [0.2, 0.25) is 0 Å². The van der Waals surface area contributed by atoms with E-state index >= 15 is 0 Å². The Morgan fingerprint density at radius 3 is 2.44 bits per heavy atom. The van der Waals surface area contributed by atoms with Crippen molar-refractivity contribution in [3.8, 4) is 11.4 Å². The van der Waals surface area contributed by atoms with E-state index in [2.05, 4.69) is 21.7 Å². The lowest BCUT2D eigenvalue weighted by Crippen LogP contribution is -2.00. The molecule has 0 unspecified atom stereocenters. The average molecular weight is 216 g/mol. The molecule has 4 heteroatoms. The molecule has 16 heavy (non-hydrogen) atoms. The Kier molecular flexibility index (Phi) is 3.01. The molecule has 0 aliphatic heterocycles. The van der Waals surface area contributed by atoms with Gasteiger partial charge in [0.15, 0.2) is 5.82 Å². The van der Waals surface area contributed by atoms with Crippen molar-refractivity contribution < 1.29 is 0 Å². The van der Waals surface area contributed by atoms with E-state index in [1.165, 1.54) is 0 Å². The summed E-state index contributed by atoms with van der Waals surface area (Å²) in [6.45, 7) is 5.51. The molecule has 0 saturated heterocycles. The van der Waals surface area contributed by atoms with Crippen LogP contribution in [0.1, 0.15) is 18.3 Å². The Labute approximate surface area is 95.1 Å². The monoisotopic (exact) mass is 216 g/mol. The number of rotatable bonds is 3. The summed E-state index contributed by atoms with van der Waals surface area (Å²) in [6, 6.07) is 8.13. The fourth-order valence-electron chi connectivity index (χ4n) is 1.76. The van der Waals surface area contributed by atoms with Crippen molar-refractivity contribution in [2.24, 2.45) is 5.73 Å². The third kappa shape index (κ3) is 1.84. The molecule has 0 spiro atoms. The molecule has 1 aromatic carbocycles. The van der Waals surface area contributed by atoms with Crippen molar-refractivity contribution in [2.75, 3.05) is 0 Å². The summed E-state index contributed by atoms with van der Waals surface area (Å²) >= 11 is 0. The maximum Gasteiger partial charge on any atom is 0.163 e. The molecule has 0 atom stereocenters. The Bertz CT molecular complexity index is 470. The summed E-state index contributed by atoms with van der Waals surface area (Å²) in [5.41, 5.74) is 7.78. The number of aryl methyl sites for hydroxylation is 1. The maximum atomic E-state index is 5.57. The predicted molar refractivity (Wildman–Crippen MR) is 63.8 cm³/mol. The van der Waals surface area contributed by atoms with E-state index in [0.29, 0.717) is 6.54 Å². The Morgan fingerprint density at radius 2 is 1.88 bits per heavy atom. The summed E-state index contributed by atoms with van der Waals surface area (Å²) in [6.07, 6.45) is 0. The van der Waals surface area contributed by atoms with Gasteiger partial charge in [0.2, 0.25) is 0 Å². The largest absolute Gasteiger partial charge is 0.326 e. The second kappa shape index (κ2) is 4.45. The van der Waals surface area contributed by atoms with Crippen LogP contribution < -0.4 is 5.73 Å². The molecule has 0 bridgehead atoms. The third-order valence-electron chi connectivity index (χ3n) is 2.70. The fraction of sp³-hybridized carbons (Fsp3) is 0.333. The zero-order chi connectivity index (χ0) is 11.5. The van der Waals surface area contributed by atoms with Gasteiger partial charge in [-0.1, -0.05) is 24.3 Å². The molecule has 0 aliphatic carbocycles. The normalized spacial score (nSPS) is 10.7. The van der Waals surface area contributed by atoms with Crippen LogP contribution >= 0.6 is 0 Å². The summed E-state index contributed by atoms with van der Waals surface area (Å²) in [5, 5.41) is 8.29. The van der Waals surface area contributed by atoms with Crippen LogP contribution in [0, 0.1) is 6.92 Å². The number of aromatic nitrogens is 3. The first-order valence-electron chi connectivity index (χ1n) is 5.45. The molecule has 0 fully saturated rings. The summed E-state index contributed by atoms with van der Waals surface area (Å²) in [7, 11) is 0. The molecular weight excluding hydrogens is 200 g/mol. The molecule has 0 saturated carbocycles. The molecule has 2 rings (SSSR count). The van der Waals surface area contributed by atoms with Gasteiger partial charge < -0.3 is 10.3 Å². The Hall–Kier alpha value is -1.68. The number of nitrogens with two attached hydrogens (primary N) is 1. The van der Waals surface area contributed by atoms with Crippen LogP contribution in [0.3, 0.4) is 0 Å². The van der Waals surface area contributed by atoms with Crippen molar-refractivity contribution in [3.05, 3.63) is 35.7 Å². The fourth-order valence-corrected chi connectivity index (χ4v) is 1.76. The van der Waals surface area contributed by atoms with Crippen molar-refractivity contribution >= 4 is 0 Å². The Balaban J connectivity index is 2.42. The minimum Gasteiger partial charge on any atom is -0.326 e. The molecule has 1 heterocycles. The van der Waals surface area contributed by atoms with E-state index in [9.17, 15) is 0 Å². The van der Waals surface area contributed by atoms with Crippen LogP contribution in [0.25, 0.3) is 11.4 Å². The molecule has 84 valence electrons. The highest BCUT2D eigenvalue weighted by atomic mass is 15.3. The average Bonchev–Trinajstić information content (AvgIpc) is 2.70. The topological polar surface area (TPSA) is 56.7 Å². The summed E-state index contributed by atoms with van der Waals surface area (Å²) < 4.78 is 2.09. The minimum atomic E-state index is 0.569. The van der Waals surface area contributed by atoms with Crippen molar-refractivity contribution in [2.45, 2.75) is 26.9 Å². The second-order valence-corrected chi connectivity index (χ2v) is 3.72. The van der Waals surface area contributed by atoms with Crippen molar-refractivity contribution in [3.63, 3.8) is 0 Å². The van der Waals surface area contributed by atoms with E-state index in [0.717, 1.165) is 29.3 Å². The zero-order valence-corrected chi connectivity index (χ0v) is 9.64. The molecule has 0 radical (unpaired) electrons. The van der Waals surface area contributed by atoms with Gasteiger partial charge in [0.1, 0.15) is 5.82 Å². The number of hydrogen-bond acceptors (Lipinski definition) is 3. The molecule has 2 N–H and O–H groups in total. The van der Waals surface area contributed by atoms with Crippen LogP contribution in [0.15, 0.2) is 24.3 Å². The van der Waals surface area contributed by atoms with Crippen LogP contribution in [0.5, 0.6) is 0 Å². The van der Waals surface area contributed by atoms with Gasteiger partial charge in [-0.3, -0.25) is 0 Å². The van der Waals surface area contributed by atoms with Gasteiger partial charge in [-0.15, -0.1) is 10.2 Å². The number of benzene rings is 1. The SMILES string of the molecule is CCn1c(C)nnc1-c1ccc(CN)cc1. The maximum absolute atomic E-state index is 5.57. The van der Waals surface area contributed by atoms with Crippen LogP contribution in [-0.2, 0) is 13.1 Å². The summed E-state index contributed by atoms with van der Waals surface area (Å²) in [4.78, 5) is 0.